The van der Waals surface area contributed by atoms with E-state index in [4.69, 9.17) is 0 Å². The molecule has 0 aliphatic heterocycles. The van der Waals surface area contributed by atoms with Crippen LogP contribution in [-0.2, 0) is 0 Å². The molecule has 0 amide bonds. The maximum atomic E-state index is 2.34. The lowest BCUT2D eigenvalue weighted by Crippen LogP contribution is -1.99. The molecule has 0 atom stereocenters. The Kier molecular flexibility index (Phi) is 4.73. The van der Waals surface area contributed by atoms with Crippen molar-refractivity contribution in [2.24, 2.45) is 0 Å². The zero-order chi connectivity index (χ0) is 15.6. The number of hydrogen-bond donors (Lipinski definition) is 0. The summed E-state index contributed by atoms with van der Waals surface area (Å²) < 4.78 is 0. The van der Waals surface area contributed by atoms with E-state index in [0.717, 1.165) is 16.9 Å². The van der Waals surface area contributed by atoms with Crippen molar-refractivity contribution in [1.29, 1.82) is 0 Å². The van der Waals surface area contributed by atoms with Crippen molar-refractivity contribution in [3.05, 3.63) is 59.7 Å². The molecule has 2 heteroatoms. The van der Waals surface area contributed by atoms with E-state index in [1.807, 2.05) is 23.5 Å². The molecule has 0 unspecified atom stereocenters. The van der Waals surface area contributed by atoms with Crippen LogP contribution in [0.25, 0.3) is 0 Å². The van der Waals surface area contributed by atoms with Gasteiger partial charge in [-0.3, -0.25) is 0 Å². The summed E-state index contributed by atoms with van der Waals surface area (Å²) in [5.41, 5.74) is 2.91. The highest BCUT2D eigenvalue weighted by atomic mass is 32.2. The SMILES string of the molecule is CCC(c1ccc(SC2CC2)cc1)c1ccc(SC2CC2)cc1. The summed E-state index contributed by atoms with van der Waals surface area (Å²) in [7, 11) is 0. The Morgan fingerprint density at radius 1 is 0.739 bits per heavy atom. The maximum absolute atomic E-state index is 2.34. The van der Waals surface area contributed by atoms with Crippen molar-refractivity contribution in [3.63, 3.8) is 0 Å². The molecule has 0 bridgehead atoms. The highest BCUT2D eigenvalue weighted by Gasteiger charge is 2.23. The van der Waals surface area contributed by atoms with Crippen LogP contribution < -0.4 is 0 Å². The van der Waals surface area contributed by atoms with Crippen LogP contribution >= 0.6 is 23.5 Å². The van der Waals surface area contributed by atoms with Gasteiger partial charge in [-0.2, -0.15) is 0 Å². The highest BCUT2D eigenvalue weighted by Crippen LogP contribution is 2.41. The Bertz CT molecular complexity index is 579. The molecule has 23 heavy (non-hydrogen) atoms. The van der Waals surface area contributed by atoms with E-state index in [0.29, 0.717) is 5.92 Å². The van der Waals surface area contributed by atoms with Crippen molar-refractivity contribution in [2.45, 2.75) is 65.2 Å². The fraction of sp³-hybridized carbons (Fsp3) is 0.429. The van der Waals surface area contributed by atoms with Gasteiger partial charge in [-0.05, 0) is 67.5 Å². The fourth-order valence-electron chi connectivity index (χ4n) is 2.98. The zero-order valence-corrected chi connectivity index (χ0v) is 15.3. The molecule has 0 spiro atoms. The van der Waals surface area contributed by atoms with Gasteiger partial charge in [0.05, 0.1) is 0 Å². The summed E-state index contributed by atoms with van der Waals surface area (Å²) >= 11 is 4.09. The van der Waals surface area contributed by atoms with Gasteiger partial charge in [0.15, 0.2) is 0 Å². The summed E-state index contributed by atoms with van der Waals surface area (Å²) in [4.78, 5) is 2.87. The lowest BCUT2D eigenvalue weighted by Gasteiger charge is -2.17. The van der Waals surface area contributed by atoms with Crippen LogP contribution in [0.3, 0.4) is 0 Å². The van der Waals surface area contributed by atoms with Crippen LogP contribution in [0.5, 0.6) is 0 Å². The minimum Gasteiger partial charge on any atom is -0.123 e. The molecule has 0 aromatic heterocycles. The van der Waals surface area contributed by atoms with Crippen molar-refractivity contribution >= 4 is 23.5 Å². The Balaban J connectivity index is 1.47. The van der Waals surface area contributed by atoms with Crippen LogP contribution in [0.15, 0.2) is 58.3 Å². The average Bonchev–Trinajstić information content (AvgIpc) is 3.48. The Morgan fingerprint density at radius 3 is 1.43 bits per heavy atom. The van der Waals surface area contributed by atoms with E-state index in [2.05, 4.69) is 55.5 Å². The van der Waals surface area contributed by atoms with E-state index < -0.39 is 0 Å². The second-order valence-corrected chi connectivity index (χ2v) is 9.48. The predicted molar refractivity (Wildman–Crippen MR) is 103 cm³/mol. The fourth-order valence-corrected chi connectivity index (χ4v) is 5.08. The first-order valence-electron chi connectivity index (χ1n) is 8.85. The minimum absolute atomic E-state index is 0.523. The van der Waals surface area contributed by atoms with Crippen LogP contribution in [0.2, 0.25) is 0 Å². The third-order valence-electron chi connectivity index (χ3n) is 4.63. The molecule has 2 fully saturated rings. The highest BCUT2D eigenvalue weighted by molar-refractivity contribution is 8.00. The second kappa shape index (κ2) is 6.94. The first-order chi connectivity index (χ1) is 11.3. The van der Waals surface area contributed by atoms with E-state index in [1.54, 1.807) is 0 Å². The molecule has 2 aromatic carbocycles. The molecule has 0 saturated heterocycles. The van der Waals surface area contributed by atoms with Gasteiger partial charge in [0.2, 0.25) is 0 Å². The monoisotopic (exact) mass is 340 g/mol. The van der Waals surface area contributed by atoms with Crippen LogP contribution in [0, 0.1) is 0 Å². The lowest BCUT2D eigenvalue weighted by atomic mass is 9.89. The maximum Gasteiger partial charge on any atom is 0.00952 e. The molecule has 2 aromatic rings. The van der Waals surface area contributed by atoms with Gasteiger partial charge in [-0.1, -0.05) is 31.2 Å². The van der Waals surface area contributed by atoms with Crippen molar-refractivity contribution in [1.82, 2.24) is 0 Å². The summed E-state index contributed by atoms with van der Waals surface area (Å²) in [5, 5.41) is 1.78. The largest absolute Gasteiger partial charge is 0.123 e. The van der Waals surface area contributed by atoms with Crippen molar-refractivity contribution in [3.8, 4) is 0 Å². The summed E-state index contributed by atoms with van der Waals surface area (Å²) in [6.07, 6.45) is 6.75. The molecular weight excluding hydrogens is 316 g/mol. The van der Waals surface area contributed by atoms with Gasteiger partial charge in [-0.15, -0.1) is 23.5 Å². The molecule has 0 heterocycles. The molecule has 4 rings (SSSR count). The average molecular weight is 341 g/mol. The normalized spacial score (nSPS) is 17.7. The Morgan fingerprint density at radius 2 is 1.13 bits per heavy atom. The number of hydrogen-bond acceptors (Lipinski definition) is 2. The molecule has 2 aliphatic rings. The zero-order valence-electron chi connectivity index (χ0n) is 13.7. The van der Waals surface area contributed by atoms with Crippen LogP contribution in [-0.4, -0.2) is 10.5 Å². The van der Waals surface area contributed by atoms with Crippen LogP contribution in [0.4, 0.5) is 0 Å². The predicted octanol–water partition coefficient (Wildman–Crippen LogP) is 6.74. The van der Waals surface area contributed by atoms with E-state index in [9.17, 15) is 0 Å². The Hall–Kier alpha value is -0.860. The third-order valence-corrected chi connectivity index (χ3v) is 7.33. The van der Waals surface area contributed by atoms with Crippen molar-refractivity contribution in [2.75, 3.05) is 0 Å². The first-order valence-corrected chi connectivity index (χ1v) is 10.6. The summed E-state index contributed by atoms with van der Waals surface area (Å²) in [6.45, 7) is 2.30. The molecular formula is C21H24S2. The standard InChI is InChI=1S/C21H24S2/c1-2-21(15-3-7-17(8-4-15)22-19-11-12-19)16-5-9-18(10-6-16)23-20-13-14-20/h3-10,19-21H,2,11-14H2,1H3. The van der Waals surface area contributed by atoms with Gasteiger partial charge in [0, 0.05) is 26.2 Å². The summed E-state index contributed by atoms with van der Waals surface area (Å²) in [6, 6.07) is 18.6. The molecule has 0 nitrogen and oxygen atoms in total. The second-order valence-electron chi connectivity index (χ2n) is 6.73. The van der Waals surface area contributed by atoms with Crippen molar-refractivity contribution < 1.29 is 0 Å². The number of thioether (sulfide) groups is 2. The third kappa shape index (κ3) is 4.16. The topological polar surface area (TPSA) is 0 Å². The molecule has 0 N–H and O–H groups in total. The van der Waals surface area contributed by atoms with Gasteiger partial charge >= 0.3 is 0 Å². The van der Waals surface area contributed by atoms with E-state index in [1.165, 1.54) is 46.6 Å². The van der Waals surface area contributed by atoms with Crippen LogP contribution in [0.1, 0.15) is 56.1 Å². The van der Waals surface area contributed by atoms with E-state index >= 15 is 0 Å². The quantitative estimate of drug-likeness (QED) is 0.547. The smallest absolute Gasteiger partial charge is 0.00952 e. The van der Waals surface area contributed by atoms with Gasteiger partial charge in [-0.25, -0.2) is 0 Å². The lowest BCUT2D eigenvalue weighted by molar-refractivity contribution is 0.775. The van der Waals surface area contributed by atoms with Gasteiger partial charge < -0.3 is 0 Å². The number of rotatable bonds is 7. The number of benzene rings is 2. The van der Waals surface area contributed by atoms with E-state index in [-0.39, 0.29) is 0 Å². The Labute approximate surface area is 148 Å². The summed E-state index contributed by atoms with van der Waals surface area (Å²) in [5.74, 6) is 0.523. The van der Waals surface area contributed by atoms with Gasteiger partial charge in [0.1, 0.15) is 0 Å². The van der Waals surface area contributed by atoms with Gasteiger partial charge in [0.25, 0.3) is 0 Å². The molecule has 2 aliphatic carbocycles. The minimum atomic E-state index is 0.523. The molecule has 2 saturated carbocycles. The molecule has 0 radical (unpaired) electrons. The molecule has 120 valence electrons. The first kappa shape index (κ1) is 15.7.